The van der Waals surface area contributed by atoms with Crippen LogP contribution < -0.4 is 0 Å². The third kappa shape index (κ3) is 48.4. The van der Waals surface area contributed by atoms with Crippen LogP contribution in [0.4, 0.5) is 0 Å². The van der Waals surface area contributed by atoms with E-state index in [-0.39, 0.29) is 6.61 Å². The van der Waals surface area contributed by atoms with Crippen molar-refractivity contribution >= 4 is 24.2 Å². The first-order valence-corrected chi connectivity index (χ1v) is 32.8. The Kier molecular flexibility index (Phi) is 54.6. The monoisotopic (exact) mass is 1090 g/mol. The van der Waals surface area contributed by atoms with Gasteiger partial charge in [-0.1, -0.05) is 212 Å². The van der Waals surface area contributed by atoms with Crippen molar-refractivity contribution < 1.29 is 43.2 Å². The fourth-order valence-corrected chi connectivity index (χ4v) is 11.0. The molecule has 4 rings (SSSR count). The molecule has 0 amide bonds. The Balaban J connectivity index is 0. The average Bonchev–Trinajstić information content (AvgIpc) is 3.41. The maximum Gasteiger partial charge on any atom is 0.320 e. The van der Waals surface area contributed by atoms with Crippen LogP contribution in [-0.4, -0.2) is 94.0 Å². The Labute approximate surface area is 477 Å². The number of rotatable bonds is 30. The Morgan fingerprint density at radius 1 is 0.442 bits per heavy atom. The van der Waals surface area contributed by atoms with E-state index in [0.29, 0.717) is 89.2 Å². The maximum absolute atomic E-state index is 13.1. The highest BCUT2D eigenvalue weighted by atomic mass is 16.6. The van der Waals surface area contributed by atoms with Crippen molar-refractivity contribution in [2.24, 2.45) is 59.2 Å². The second-order valence-electron chi connectivity index (χ2n) is 25.2. The van der Waals surface area contributed by atoms with E-state index < -0.39 is 29.7 Å². The molecular weight excluding hydrogens is 963 g/mol. The van der Waals surface area contributed by atoms with Crippen molar-refractivity contribution in [2.45, 2.75) is 289 Å². The van der Waals surface area contributed by atoms with E-state index >= 15 is 0 Å². The van der Waals surface area contributed by atoms with E-state index in [2.05, 4.69) is 83.1 Å². The van der Waals surface area contributed by atoms with E-state index in [1.807, 2.05) is 4.90 Å². The number of carbonyl (C=O) groups is 4. The van der Waals surface area contributed by atoms with Crippen LogP contribution in [0.25, 0.3) is 0 Å². The lowest BCUT2D eigenvalue weighted by Gasteiger charge is -2.25. The summed E-state index contributed by atoms with van der Waals surface area (Å²) in [4.78, 5) is 52.4. The van der Waals surface area contributed by atoms with Crippen LogP contribution in [-0.2, 0) is 38.1 Å². The first-order chi connectivity index (χ1) is 37.0. The number of aldehydes is 1. The minimum atomic E-state index is -0.948. The van der Waals surface area contributed by atoms with Gasteiger partial charge in [0.25, 0.3) is 0 Å². The lowest BCUT2D eigenvalue weighted by atomic mass is 9.90. The fourth-order valence-electron chi connectivity index (χ4n) is 11.0. The number of aliphatic hydroxyl groups excluding tert-OH is 1. The summed E-state index contributed by atoms with van der Waals surface area (Å²) >= 11 is 0. The van der Waals surface area contributed by atoms with Gasteiger partial charge in [0.1, 0.15) is 12.2 Å². The van der Waals surface area contributed by atoms with Crippen LogP contribution in [0.5, 0.6) is 0 Å². The normalized spacial score (nSPS) is 16.9. The smallest absolute Gasteiger partial charge is 0.320 e. The Morgan fingerprint density at radius 2 is 0.740 bits per heavy atom. The summed E-state index contributed by atoms with van der Waals surface area (Å²) in [7, 11) is 1.80. The fraction of sp³-hybridized carbons (Fsp3) is 0.940. The molecule has 4 fully saturated rings. The van der Waals surface area contributed by atoms with Gasteiger partial charge in [0.15, 0.2) is 5.92 Å². The van der Waals surface area contributed by atoms with E-state index in [1.165, 1.54) is 116 Å². The number of ether oxygens (including phenoxy) is 4. The molecule has 0 aliphatic heterocycles. The largest absolute Gasteiger partial charge is 0.465 e. The van der Waals surface area contributed by atoms with Crippen molar-refractivity contribution in [3.63, 3.8) is 0 Å². The number of nitrogens with zero attached hydrogens (tertiary/aromatic N) is 1. The summed E-state index contributed by atoms with van der Waals surface area (Å²) in [6.45, 7) is 30.6. The van der Waals surface area contributed by atoms with Crippen molar-refractivity contribution in [1.82, 2.24) is 4.90 Å². The van der Waals surface area contributed by atoms with E-state index in [4.69, 9.17) is 18.9 Å². The molecule has 0 spiro atoms. The van der Waals surface area contributed by atoms with Crippen LogP contribution in [0, 0.1) is 59.2 Å². The van der Waals surface area contributed by atoms with Gasteiger partial charge in [0.2, 0.25) is 0 Å². The van der Waals surface area contributed by atoms with Crippen molar-refractivity contribution in [3.05, 3.63) is 0 Å². The molecule has 0 aromatic carbocycles. The average molecular weight is 1090 g/mol. The molecule has 0 heterocycles. The molecular formula is C67H131NO9. The highest BCUT2D eigenvalue weighted by Gasteiger charge is 2.32. The molecule has 1 unspecified atom stereocenters. The minimum absolute atomic E-state index is 0.0309. The summed E-state index contributed by atoms with van der Waals surface area (Å²) in [5.74, 6) is 2.46. The van der Waals surface area contributed by atoms with E-state index in [9.17, 15) is 24.3 Å². The molecule has 4 aliphatic rings. The van der Waals surface area contributed by atoms with E-state index in [0.717, 1.165) is 100 Å². The van der Waals surface area contributed by atoms with Crippen molar-refractivity contribution in [1.29, 1.82) is 0 Å². The third-order valence-corrected chi connectivity index (χ3v) is 15.6. The summed E-state index contributed by atoms with van der Waals surface area (Å²) in [6, 6.07) is 0. The summed E-state index contributed by atoms with van der Waals surface area (Å²) < 4.78 is 21.9. The molecule has 1 atom stereocenters. The van der Waals surface area contributed by atoms with Crippen molar-refractivity contribution in [2.75, 3.05) is 59.8 Å². The van der Waals surface area contributed by atoms with Gasteiger partial charge < -0.3 is 33.7 Å². The second-order valence-corrected chi connectivity index (χ2v) is 25.2. The number of aliphatic hydroxyl groups is 1. The molecule has 0 radical (unpaired) electrons. The van der Waals surface area contributed by atoms with Gasteiger partial charge in [0.05, 0.1) is 26.4 Å². The quantitative estimate of drug-likeness (QED) is 0.0321. The van der Waals surface area contributed by atoms with Gasteiger partial charge in [-0.05, 0) is 137 Å². The topological polar surface area (TPSA) is 129 Å². The molecule has 458 valence electrons. The molecule has 0 aromatic rings. The first-order valence-electron chi connectivity index (χ1n) is 32.8. The lowest BCUT2D eigenvalue weighted by molar-refractivity contribution is -0.164. The van der Waals surface area contributed by atoms with Crippen LogP contribution in [0.1, 0.15) is 289 Å². The van der Waals surface area contributed by atoms with Crippen LogP contribution in [0.3, 0.4) is 0 Å². The minimum Gasteiger partial charge on any atom is -0.465 e. The van der Waals surface area contributed by atoms with Gasteiger partial charge in [-0.15, -0.1) is 0 Å². The van der Waals surface area contributed by atoms with E-state index in [1.54, 1.807) is 7.11 Å². The summed E-state index contributed by atoms with van der Waals surface area (Å²) in [5.41, 5.74) is 0. The highest BCUT2D eigenvalue weighted by Crippen LogP contribution is 2.28. The maximum atomic E-state index is 13.1. The van der Waals surface area contributed by atoms with Crippen LogP contribution >= 0.6 is 0 Å². The molecule has 0 aromatic heterocycles. The molecule has 4 aliphatic carbocycles. The SMILES string of the molecule is CCCC(C)C.CCCC(C)C.CCCC(C)C.CCCC(C)C.COCC1CCCCC1.O=CC(CCCN(CCO)CCCC(C(=O)OCC1CCCCC1)C(=O)OCC1CCCCC1)C(=O)OCC1CCCCC1. The number of esters is 3. The van der Waals surface area contributed by atoms with Gasteiger partial charge in [-0.25, -0.2) is 0 Å². The van der Waals surface area contributed by atoms with Gasteiger partial charge in [0, 0.05) is 20.3 Å². The Bertz CT molecular complexity index is 1220. The zero-order chi connectivity index (χ0) is 57.9. The molecule has 10 nitrogen and oxygen atoms in total. The second kappa shape index (κ2) is 54.5. The number of hydrogen-bond acceptors (Lipinski definition) is 10. The van der Waals surface area contributed by atoms with Crippen LogP contribution in [0.15, 0.2) is 0 Å². The Hall–Kier alpha value is -2.04. The van der Waals surface area contributed by atoms with Gasteiger partial charge in [-0.3, -0.25) is 14.4 Å². The number of methoxy groups -OCH3 is 1. The molecule has 4 saturated carbocycles. The predicted octanol–water partition coefficient (Wildman–Crippen LogP) is 17.6. The predicted molar refractivity (Wildman–Crippen MR) is 325 cm³/mol. The molecule has 0 bridgehead atoms. The number of carbonyl (C=O) groups excluding carboxylic acids is 4. The van der Waals surface area contributed by atoms with Gasteiger partial charge in [-0.2, -0.15) is 0 Å². The van der Waals surface area contributed by atoms with Crippen molar-refractivity contribution in [3.8, 4) is 0 Å². The van der Waals surface area contributed by atoms with Gasteiger partial charge >= 0.3 is 17.9 Å². The molecule has 1 N–H and O–H groups in total. The summed E-state index contributed by atoms with van der Waals surface area (Å²) in [6.07, 6.45) is 37.5. The number of hydrogen-bond donors (Lipinski definition) is 1. The molecule has 10 heteroatoms. The first kappa shape index (κ1) is 77.0. The third-order valence-electron chi connectivity index (χ3n) is 15.6. The lowest BCUT2D eigenvalue weighted by Crippen LogP contribution is -2.33. The highest BCUT2D eigenvalue weighted by molar-refractivity contribution is 5.94. The van der Waals surface area contributed by atoms with Crippen LogP contribution in [0.2, 0.25) is 0 Å². The molecule has 0 saturated heterocycles. The zero-order valence-corrected chi connectivity index (χ0v) is 53.3. The zero-order valence-electron chi connectivity index (χ0n) is 53.3. The standard InChI is InChI=1S/C35H59NO8.C8H16O.4C6H14/c37-23-22-36(20-10-18-31(24-38)33(39)42-25-28-12-4-1-5-13-28)21-11-19-32(34(40)43-26-29-14-6-2-7-15-29)35(41)44-27-30-16-8-3-9-17-30;1-9-7-8-5-3-2-4-6-8;4*1-4-5-6(2)3/h24,28-32,37H,1-23,25-27H2;8H,2-7H2,1H3;4*6H,4-5H2,1-3H3. The molecule has 77 heavy (non-hydrogen) atoms. The Morgan fingerprint density at radius 3 is 1.00 bits per heavy atom. The summed E-state index contributed by atoms with van der Waals surface area (Å²) in [5, 5.41) is 9.63.